The average Bonchev–Trinajstić information content (AvgIpc) is 2.82. The Kier molecular flexibility index (Phi) is 7.80. The molecule has 2 aromatic rings. The van der Waals surface area contributed by atoms with E-state index in [9.17, 15) is 19.7 Å². The van der Waals surface area contributed by atoms with Gasteiger partial charge in [0.25, 0.3) is 5.91 Å². The van der Waals surface area contributed by atoms with Crippen LogP contribution in [-0.2, 0) is 9.63 Å². The summed E-state index contributed by atoms with van der Waals surface area (Å²) in [7, 11) is 0. The summed E-state index contributed by atoms with van der Waals surface area (Å²) in [5.74, 6) is -1.10. The Morgan fingerprint density at radius 1 is 1.22 bits per heavy atom. The molecule has 2 unspecified atom stereocenters. The van der Waals surface area contributed by atoms with Crippen molar-refractivity contribution in [3.8, 4) is 0 Å². The third-order valence-electron chi connectivity index (χ3n) is 5.36. The van der Waals surface area contributed by atoms with Crippen LogP contribution in [0.25, 0.3) is 0 Å². The average molecular weight is 436 g/mol. The van der Waals surface area contributed by atoms with Gasteiger partial charge in [-0.05, 0) is 49.1 Å². The van der Waals surface area contributed by atoms with Gasteiger partial charge in [-0.15, -0.1) is 0 Å². The van der Waals surface area contributed by atoms with Crippen LogP contribution in [0.1, 0.15) is 43.0 Å². The Bertz CT molecular complexity index is 1020. The van der Waals surface area contributed by atoms with Gasteiger partial charge in [-0.25, -0.2) is 4.79 Å². The smallest absolute Gasteiger partial charge is 0.320 e. The van der Waals surface area contributed by atoms with Gasteiger partial charge in [0.15, 0.2) is 5.71 Å². The van der Waals surface area contributed by atoms with Gasteiger partial charge >= 0.3 is 5.97 Å². The van der Waals surface area contributed by atoms with Crippen LogP contribution < -0.4 is 5.32 Å². The first-order valence-electron chi connectivity index (χ1n) is 10.4. The number of benzene rings is 1. The fourth-order valence-corrected chi connectivity index (χ4v) is 3.55. The summed E-state index contributed by atoms with van der Waals surface area (Å²) >= 11 is 0. The second kappa shape index (κ2) is 10.9. The molecular weight excluding hydrogens is 412 g/mol. The van der Waals surface area contributed by atoms with Crippen molar-refractivity contribution in [1.29, 1.82) is 0 Å². The van der Waals surface area contributed by atoms with Crippen LogP contribution >= 0.6 is 0 Å². The van der Waals surface area contributed by atoms with Crippen molar-refractivity contribution in [2.45, 2.75) is 38.6 Å². The normalized spacial score (nSPS) is 19.9. The van der Waals surface area contributed by atoms with Crippen LogP contribution in [0.3, 0.4) is 0 Å². The topological polar surface area (TPSA) is 124 Å². The molecule has 1 amide bonds. The molecule has 1 N–H and O–H groups in total. The minimum Gasteiger partial charge on any atom is -0.320 e. The number of pyridine rings is 1. The quantitative estimate of drug-likeness (QED) is 0.303. The molecule has 9 heteroatoms. The molecule has 0 spiro atoms. The molecule has 1 aliphatic rings. The molecule has 3 rings (SSSR count). The number of anilines is 1. The number of amides is 1. The maximum Gasteiger partial charge on any atom is 0.365 e. The lowest BCUT2D eigenvalue weighted by Gasteiger charge is -2.25. The molecule has 1 saturated carbocycles. The highest BCUT2D eigenvalue weighted by atomic mass is 16.7. The molecule has 1 fully saturated rings. The van der Waals surface area contributed by atoms with E-state index in [-0.39, 0.29) is 22.1 Å². The van der Waals surface area contributed by atoms with E-state index in [4.69, 9.17) is 4.84 Å². The molecule has 32 heavy (non-hydrogen) atoms. The van der Waals surface area contributed by atoms with Crippen LogP contribution in [0.2, 0.25) is 0 Å². The minimum atomic E-state index is -0.901. The zero-order chi connectivity index (χ0) is 22.9. The second-order valence-electron chi connectivity index (χ2n) is 7.49. The standard InChI is InChI=1S/C23H24N4O5/c1-2-16-8-9-21(27(30)31)18(14-16)15-20(22(28)25-19-10-12-24-13-11-19)26-32-23(29)17-6-4-3-5-7-17/h3-7,10-13,15-16,21H,2,8-9,14H2,1H3,(H,24,25,28)/b18-15+,26-20+. The van der Waals surface area contributed by atoms with Gasteiger partial charge in [0.05, 0.1) is 5.56 Å². The summed E-state index contributed by atoms with van der Waals surface area (Å²) in [6.45, 7) is 2.03. The number of aromatic nitrogens is 1. The molecular formula is C23H24N4O5. The highest BCUT2D eigenvalue weighted by Gasteiger charge is 2.33. The van der Waals surface area contributed by atoms with Gasteiger partial charge in [-0.1, -0.05) is 36.7 Å². The molecule has 166 valence electrons. The lowest BCUT2D eigenvalue weighted by molar-refractivity contribution is -0.515. The zero-order valence-electron chi connectivity index (χ0n) is 17.6. The molecule has 1 aromatic heterocycles. The number of oxime groups is 1. The van der Waals surface area contributed by atoms with E-state index in [1.54, 1.807) is 42.5 Å². The van der Waals surface area contributed by atoms with E-state index in [1.807, 2.05) is 6.92 Å². The van der Waals surface area contributed by atoms with E-state index in [1.165, 1.54) is 18.5 Å². The number of carbonyl (C=O) groups excluding carboxylic acids is 2. The van der Waals surface area contributed by atoms with Crippen LogP contribution in [0, 0.1) is 16.0 Å². The van der Waals surface area contributed by atoms with Gasteiger partial charge < -0.3 is 10.2 Å². The van der Waals surface area contributed by atoms with E-state index in [2.05, 4.69) is 15.5 Å². The third kappa shape index (κ3) is 6.07. The Labute approximate surface area is 185 Å². The van der Waals surface area contributed by atoms with Crippen molar-refractivity contribution in [2.24, 2.45) is 11.1 Å². The van der Waals surface area contributed by atoms with Gasteiger partial charge in [0, 0.05) is 35.0 Å². The number of nitro groups is 1. The van der Waals surface area contributed by atoms with Gasteiger partial charge in [-0.3, -0.25) is 19.9 Å². The van der Waals surface area contributed by atoms with Gasteiger partial charge in [0.1, 0.15) is 0 Å². The molecule has 9 nitrogen and oxygen atoms in total. The van der Waals surface area contributed by atoms with E-state index < -0.39 is 17.9 Å². The second-order valence-corrected chi connectivity index (χ2v) is 7.49. The minimum absolute atomic E-state index is 0.218. The molecule has 0 bridgehead atoms. The monoisotopic (exact) mass is 436 g/mol. The van der Waals surface area contributed by atoms with Crippen molar-refractivity contribution in [3.05, 3.63) is 82.2 Å². The molecule has 0 saturated heterocycles. The summed E-state index contributed by atoms with van der Waals surface area (Å²) in [5, 5.41) is 18.0. The Morgan fingerprint density at radius 2 is 1.94 bits per heavy atom. The first-order chi connectivity index (χ1) is 15.5. The van der Waals surface area contributed by atoms with Crippen LogP contribution in [0.4, 0.5) is 5.69 Å². The number of rotatable bonds is 7. The number of nitrogens with one attached hydrogen (secondary N) is 1. The highest BCUT2D eigenvalue weighted by molar-refractivity contribution is 6.47. The summed E-state index contributed by atoms with van der Waals surface area (Å²) < 4.78 is 0. The fraction of sp³-hybridized carbons (Fsp3) is 0.304. The summed E-state index contributed by atoms with van der Waals surface area (Å²) in [6.07, 6.45) is 6.89. The largest absolute Gasteiger partial charge is 0.365 e. The van der Waals surface area contributed by atoms with Gasteiger partial charge in [-0.2, -0.15) is 0 Å². The van der Waals surface area contributed by atoms with E-state index in [0.29, 0.717) is 24.1 Å². The van der Waals surface area contributed by atoms with Gasteiger partial charge in [0.2, 0.25) is 6.04 Å². The number of hydrogen-bond donors (Lipinski definition) is 1. The molecule has 0 aliphatic heterocycles. The SMILES string of the molecule is CCC1CCC([N+](=O)[O-])/C(=C/C(=N\OC(=O)c2ccccc2)C(=O)Nc2ccncc2)C1. The number of carbonyl (C=O) groups is 2. The molecule has 1 heterocycles. The van der Waals surface area contributed by atoms with E-state index >= 15 is 0 Å². The summed E-state index contributed by atoms with van der Waals surface area (Å²) in [4.78, 5) is 45.3. The summed E-state index contributed by atoms with van der Waals surface area (Å²) in [5.41, 5.74) is 1.01. The van der Waals surface area contributed by atoms with Crippen LogP contribution in [0.5, 0.6) is 0 Å². The first kappa shape index (κ1) is 22.8. The lowest BCUT2D eigenvalue weighted by atomic mass is 9.80. The number of hydrogen-bond acceptors (Lipinski definition) is 7. The van der Waals surface area contributed by atoms with E-state index in [0.717, 1.165) is 12.8 Å². The maximum atomic E-state index is 12.9. The Hall–Kier alpha value is -3.88. The molecule has 1 aliphatic carbocycles. The molecule has 0 radical (unpaired) electrons. The summed E-state index contributed by atoms with van der Waals surface area (Å²) in [6, 6.07) is 10.5. The van der Waals surface area contributed by atoms with Crippen molar-refractivity contribution < 1.29 is 19.3 Å². The van der Waals surface area contributed by atoms with Crippen molar-refractivity contribution in [1.82, 2.24) is 4.98 Å². The van der Waals surface area contributed by atoms with Crippen molar-refractivity contribution >= 4 is 23.3 Å². The number of nitrogens with zero attached hydrogens (tertiary/aromatic N) is 3. The highest BCUT2D eigenvalue weighted by Crippen LogP contribution is 2.32. The fourth-order valence-electron chi connectivity index (χ4n) is 3.55. The van der Waals surface area contributed by atoms with Crippen LogP contribution in [-0.4, -0.2) is 33.5 Å². The molecule has 2 atom stereocenters. The zero-order valence-corrected chi connectivity index (χ0v) is 17.6. The third-order valence-corrected chi connectivity index (χ3v) is 5.36. The molecule has 1 aromatic carbocycles. The Morgan fingerprint density at radius 3 is 2.59 bits per heavy atom. The lowest BCUT2D eigenvalue weighted by Crippen LogP contribution is -2.31. The van der Waals surface area contributed by atoms with Crippen LogP contribution in [0.15, 0.2) is 71.7 Å². The first-order valence-corrected chi connectivity index (χ1v) is 10.4. The predicted octanol–water partition coefficient (Wildman–Crippen LogP) is 4.01. The van der Waals surface area contributed by atoms with Crippen molar-refractivity contribution in [3.63, 3.8) is 0 Å². The maximum absolute atomic E-state index is 12.9. The predicted molar refractivity (Wildman–Crippen MR) is 119 cm³/mol. The van der Waals surface area contributed by atoms with Crippen molar-refractivity contribution in [2.75, 3.05) is 5.32 Å². The Balaban J connectivity index is 1.91.